The minimum atomic E-state index is -0.0301. The average Bonchev–Trinajstić information content (AvgIpc) is 2.25. The lowest BCUT2D eigenvalue weighted by atomic mass is 9.88. The van der Waals surface area contributed by atoms with E-state index in [0.29, 0.717) is 0 Å². The molecule has 0 aliphatic carbocycles. The lowest BCUT2D eigenvalue weighted by molar-refractivity contribution is 0.149. The maximum atomic E-state index is 9.33. The van der Waals surface area contributed by atoms with E-state index in [1.807, 2.05) is 0 Å². The molecule has 1 unspecified atom stereocenters. The van der Waals surface area contributed by atoms with Crippen LogP contribution in [0.1, 0.15) is 31.4 Å². The molecule has 0 bridgehead atoms. The van der Waals surface area contributed by atoms with Gasteiger partial charge in [0.15, 0.2) is 0 Å². The van der Waals surface area contributed by atoms with E-state index in [1.165, 1.54) is 11.1 Å². The summed E-state index contributed by atoms with van der Waals surface area (Å²) in [5.41, 5.74) is 3.65. The molecule has 2 N–H and O–H groups in total. The van der Waals surface area contributed by atoms with Gasteiger partial charge in [0.2, 0.25) is 0 Å². The van der Waals surface area contributed by atoms with Crippen molar-refractivity contribution in [3.63, 3.8) is 0 Å². The average molecular weight is 221 g/mol. The third-order valence-corrected chi connectivity index (χ3v) is 3.18. The summed E-state index contributed by atoms with van der Waals surface area (Å²) in [6.45, 7) is 9.44. The lowest BCUT2D eigenvalue weighted by Crippen LogP contribution is -2.29. The first-order chi connectivity index (χ1) is 7.49. The van der Waals surface area contributed by atoms with Crippen LogP contribution in [0, 0.1) is 19.3 Å². The van der Waals surface area contributed by atoms with Crippen LogP contribution in [0.2, 0.25) is 0 Å². The minimum Gasteiger partial charge on any atom is -0.396 e. The minimum absolute atomic E-state index is 0.0301. The summed E-state index contributed by atoms with van der Waals surface area (Å²) in [4.78, 5) is 0. The van der Waals surface area contributed by atoms with E-state index in [4.69, 9.17) is 0 Å². The zero-order chi connectivity index (χ0) is 12.2. The Hall–Kier alpha value is -1.02. The van der Waals surface area contributed by atoms with Crippen molar-refractivity contribution in [2.75, 3.05) is 18.5 Å². The van der Waals surface area contributed by atoms with E-state index in [-0.39, 0.29) is 12.0 Å². The molecule has 0 aliphatic heterocycles. The van der Waals surface area contributed by atoms with Gasteiger partial charge in [-0.25, -0.2) is 0 Å². The van der Waals surface area contributed by atoms with Crippen LogP contribution in [0.4, 0.5) is 5.69 Å². The zero-order valence-electron chi connectivity index (χ0n) is 10.8. The summed E-state index contributed by atoms with van der Waals surface area (Å²) < 4.78 is 0. The molecule has 0 saturated carbocycles. The summed E-state index contributed by atoms with van der Waals surface area (Å²) in [7, 11) is 0. The molecule has 0 aromatic heterocycles. The summed E-state index contributed by atoms with van der Waals surface area (Å²) in [5.74, 6) is 0. The van der Waals surface area contributed by atoms with Crippen LogP contribution in [0.25, 0.3) is 0 Å². The van der Waals surface area contributed by atoms with Crippen molar-refractivity contribution < 1.29 is 5.11 Å². The van der Waals surface area contributed by atoms with Gasteiger partial charge in [0, 0.05) is 17.6 Å². The Kier molecular flexibility index (Phi) is 4.36. The number of anilines is 1. The Morgan fingerprint density at radius 1 is 1.19 bits per heavy atom. The summed E-state index contributed by atoms with van der Waals surface area (Å²) in [5, 5.41) is 12.7. The molecule has 0 spiro atoms. The van der Waals surface area contributed by atoms with Gasteiger partial charge in [-0.3, -0.25) is 0 Å². The molecule has 1 rings (SSSR count). The molecule has 0 radical (unpaired) electrons. The molecule has 0 amide bonds. The van der Waals surface area contributed by atoms with Gasteiger partial charge in [-0.2, -0.15) is 0 Å². The van der Waals surface area contributed by atoms with Crippen molar-refractivity contribution in [1.29, 1.82) is 0 Å². The van der Waals surface area contributed by atoms with Gasteiger partial charge >= 0.3 is 0 Å². The predicted molar refractivity (Wildman–Crippen MR) is 69.9 cm³/mol. The lowest BCUT2D eigenvalue weighted by Gasteiger charge is -2.26. The van der Waals surface area contributed by atoms with Crippen molar-refractivity contribution in [2.45, 2.75) is 34.1 Å². The third-order valence-electron chi connectivity index (χ3n) is 3.18. The third kappa shape index (κ3) is 3.53. The molecule has 0 aliphatic rings. The van der Waals surface area contributed by atoms with Crippen molar-refractivity contribution in [1.82, 2.24) is 0 Å². The summed E-state index contributed by atoms with van der Waals surface area (Å²) in [6, 6.07) is 6.44. The second-order valence-corrected chi connectivity index (χ2v) is 5.05. The van der Waals surface area contributed by atoms with Gasteiger partial charge in [-0.15, -0.1) is 0 Å². The highest BCUT2D eigenvalue weighted by molar-refractivity contribution is 5.48. The van der Waals surface area contributed by atoms with Gasteiger partial charge in [0.05, 0.1) is 6.61 Å². The smallest absolute Gasteiger partial charge is 0.0501 e. The van der Waals surface area contributed by atoms with Crippen LogP contribution in [0.15, 0.2) is 18.2 Å². The Bertz CT molecular complexity index is 322. The Balaban J connectivity index is 2.67. The van der Waals surface area contributed by atoms with Crippen LogP contribution in [0.5, 0.6) is 0 Å². The fraction of sp³-hybridized carbons (Fsp3) is 0.571. The first kappa shape index (κ1) is 13.0. The molecule has 1 aromatic rings. The van der Waals surface area contributed by atoms with E-state index in [1.54, 1.807) is 0 Å². The summed E-state index contributed by atoms with van der Waals surface area (Å²) >= 11 is 0. The van der Waals surface area contributed by atoms with Crippen LogP contribution in [0.3, 0.4) is 0 Å². The van der Waals surface area contributed by atoms with E-state index in [9.17, 15) is 5.11 Å². The number of aliphatic hydroxyl groups excluding tert-OH is 1. The zero-order valence-corrected chi connectivity index (χ0v) is 10.8. The molecule has 0 fully saturated rings. The quantitative estimate of drug-likeness (QED) is 0.800. The van der Waals surface area contributed by atoms with Crippen LogP contribution in [-0.2, 0) is 0 Å². The topological polar surface area (TPSA) is 32.3 Å². The van der Waals surface area contributed by atoms with Gasteiger partial charge in [0.25, 0.3) is 0 Å². The van der Waals surface area contributed by atoms with Crippen molar-refractivity contribution in [2.24, 2.45) is 5.41 Å². The van der Waals surface area contributed by atoms with Crippen LogP contribution >= 0.6 is 0 Å². The normalized spacial score (nSPS) is 14.6. The van der Waals surface area contributed by atoms with E-state index < -0.39 is 0 Å². The Morgan fingerprint density at radius 3 is 2.19 bits per heavy atom. The Labute approximate surface area is 98.7 Å². The number of aliphatic hydroxyl groups is 1. The largest absolute Gasteiger partial charge is 0.396 e. The number of hydrogen-bond acceptors (Lipinski definition) is 2. The first-order valence-corrected chi connectivity index (χ1v) is 5.92. The number of benzene rings is 1. The molecule has 2 heteroatoms. The molecule has 0 heterocycles. The van der Waals surface area contributed by atoms with Crippen molar-refractivity contribution in [3.8, 4) is 0 Å². The van der Waals surface area contributed by atoms with E-state index in [2.05, 4.69) is 51.2 Å². The van der Waals surface area contributed by atoms with Crippen molar-refractivity contribution >= 4 is 5.69 Å². The van der Waals surface area contributed by atoms with E-state index in [0.717, 1.165) is 18.7 Å². The molecular formula is C14H23NO. The first-order valence-electron chi connectivity index (χ1n) is 5.92. The fourth-order valence-corrected chi connectivity index (χ4v) is 1.68. The fourth-order valence-electron chi connectivity index (χ4n) is 1.68. The standard InChI is InChI=1S/C14H23NO/c1-5-14(4,10-16)9-15-13-7-11(2)6-12(3)8-13/h6-8,15-16H,5,9-10H2,1-4H3. The number of hydrogen-bond donors (Lipinski definition) is 2. The SMILES string of the molecule is CCC(C)(CO)CNc1cc(C)cc(C)c1. The van der Waals surface area contributed by atoms with Crippen molar-refractivity contribution in [3.05, 3.63) is 29.3 Å². The molecule has 0 saturated heterocycles. The van der Waals surface area contributed by atoms with Gasteiger partial charge in [-0.1, -0.05) is 19.9 Å². The Morgan fingerprint density at radius 2 is 1.75 bits per heavy atom. The van der Waals surface area contributed by atoms with Crippen LogP contribution in [-0.4, -0.2) is 18.3 Å². The van der Waals surface area contributed by atoms with Crippen LogP contribution < -0.4 is 5.32 Å². The molecule has 2 nitrogen and oxygen atoms in total. The number of aryl methyl sites for hydroxylation is 2. The second-order valence-electron chi connectivity index (χ2n) is 5.05. The maximum Gasteiger partial charge on any atom is 0.0501 e. The molecule has 90 valence electrons. The van der Waals surface area contributed by atoms with Gasteiger partial charge in [0.1, 0.15) is 0 Å². The molecule has 1 atom stereocenters. The van der Waals surface area contributed by atoms with Gasteiger partial charge < -0.3 is 10.4 Å². The predicted octanol–water partition coefficient (Wildman–Crippen LogP) is 3.12. The highest BCUT2D eigenvalue weighted by Crippen LogP contribution is 2.22. The molecule has 16 heavy (non-hydrogen) atoms. The van der Waals surface area contributed by atoms with Gasteiger partial charge in [-0.05, 0) is 43.5 Å². The second kappa shape index (κ2) is 5.35. The molecule has 1 aromatic carbocycles. The molecular weight excluding hydrogens is 198 g/mol. The monoisotopic (exact) mass is 221 g/mol. The van der Waals surface area contributed by atoms with E-state index >= 15 is 0 Å². The number of nitrogens with one attached hydrogen (secondary N) is 1. The number of rotatable bonds is 5. The highest BCUT2D eigenvalue weighted by atomic mass is 16.3. The summed E-state index contributed by atoms with van der Waals surface area (Å²) in [6.07, 6.45) is 0.974. The maximum absolute atomic E-state index is 9.33. The highest BCUT2D eigenvalue weighted by Gasteiger charge is 2.20.